The van der Waals surface area contributed by atoms with Crippen molar-refractivity contribution in [2.45, 2.75) is 6.42 Å². The molecule has 2 rings (SSSR count). The molecule has 18 heavy (non-hydrogen) atoms. The van der Waals surface area contributed by atoms with Gasteiger partial charge in [0.2, 0.25) is 5.91 Å². The van der Waals surface area contributed by atoms with Crippen molar-refractivity contribution in [1.29, 1.82) is 10.5 Å². The molecule has 0 aliphatic carbocycles. The predicted octanol–water partition coefficient (Wildman–Crippen LogP) is 1.25. The summed E-state index contributed by atoms with van der Waals surface area (Å²) < 4.78 is 0. The average Bonchev–Trinajstić information content (AvgIpc) is 2.40. The second-order valence-corrected chi connectivity index (χ2v) is 4.10. The van der Waals surface area contributed by atoms with Crippen LogP contribution < -0.4 is 9.80 Å². The third-order valence-electron chi connectivity index (χ3n) is 3.00. The molecular formula is C13H12N4O. The van der Waals surface area contributed by atoms with Crippen LogP contribution >= 0.6 is 0 Å². The Kier molecular flexibility index (Phi) is 3.16. The van der Waals surface area contributed by atoms with Crippen LogP contribution in [-0.2, 0) is 4.79 Å². The van der Waals surface area contributed by atoms with Gasteiger partial charge in [0, 0.05) is 13.6 Å². The van der Waals surface area contributed by atoms with Crippen molar-refractivity contribution in [2.75, 3.05) is 29.9 Å². The van der Waals surface area contributed by atoms with Crippen molar-refractivity contribution >= 4 is 17.3 Å². The van der Waals surface area contributed by atoms with Gasteiger partial charge in [-0.25, -0.2) is 0 Å². The van der Waals surface area contributed by atoms with Gasteiger partial charge in [-0.05, 0) is 18.2 Å². The Morgan fingerprint density at radius 2 is 2.11 bits per heavy atom. The largest absolute Gasteiger partial charge is 0.359 e. The summed E-state index contributed by atoms with van der Waals surface area (Å²) in [5, 5.41) is 17.5. The van der Waals surface area contributed by atoms with Crippen molar-refractivity contribution in [2.24, 2.45) is 0 Å². The number of amides is 1. The maximum Gasteiger partial charge on any atom is 0.246 e. The first kappa shape index (κ1) is 11.9. The van der Waals surface area contributed by atoms with Crippen LogP contribution in [0.1, 0.15) is 12.0 Å². The first-order valence-electron chi connectivity index (χ1n) is 5.60. The molecule has 1 aromatic carbocycles. The monoisotopic (exact) mass is 240 g/mol. The van der Waals surface area contributed by atoms with Crippen LogP contribution in [0.3, 0.4) is 0 Å². The van der Waals surface area contributed by atoms with Crippen LogP contribution in [0.25, 0.3) is 0 Å². The minimum absolute atomic E-state index is 0.0319. The molecule has 1 amide bonds. The molecule has 0 N–H and O–H groups in total. The Morgan fingerprint density at radius 1 is 1.33 bits per heavy atom. The number of nitrogens with zero attached hydrogens (tertiary/aromatic N) is 4. The molecule has 1 aromatic rings. The van der Waals surface area contributed by atoms with Crippen LogP contribution in [0.2, 0.25) is 0 Å². The van der Waals surface area contributed by atoms with E-state index in [9.17, 15) is 4.79 Å². The molecule has 0 aromatic heterocycles. The fourth-order valence-corrected chi connectivity index (χ4v) is 2.00. The fourth-order valence-electron chi connectivity index (χ4n) is 2.00. The zero-order chi connectivity index (χ0) is 13.1. The highest BCUT2D eigenvalue weighted by atomic mass is 16.2. The molecule has 5 nitrogen and oxygen atoms in total. The second-order valence-electron chi connectivity index (χ2n) is 4.10. The van der Waals surface area contributed by atoms with Gasteiger partial charge < -0.3 is 9.80 Å². The summed E-state index contributed by atoms with van der Waals surface area (Å²) >= 11 is 0. The van der Waals surface area contributed by atoms with Crippen LogP contribution in [-0.4, -0.2) is 26.0 Å². The maximum atomic E-state index is 11.8. The standard InChI is InChI=1S/C13H12N4O/c1-16-12-7-10(8-15)3-4-11(12)17(6-2-5-14)9-13(16)18/h3-4,7H,2,6,9H2,1H3. The van der Waals surface area contributed by atoms with Crippen molar-refractivity contribution in [3.05, 3.63) is 23.8 Å². The minimum Gasteiger partial charge on any atom is -0.359 e. The van der Waals surface area contributed by atoms with E-state index in [1.165, 1.54) is 0 Å². The summed E-state index contributed by atoms with van der Waals surface area (Å²) in [7, 11) is 1.70. The van der Waals surface area contributed by atoms with Gasteiger partial charge in [0.05, 0.1) is 42.0 Å². The van der Waals surface area contributed by atoms with E-state index in [-0.39, 0.29) is 12.5 Å². The van der Waals surface area contributed by atoms with Crippen molar-refractivity contribution in [3.63, 3.8) is 0 Å². The van der Waals surface area contributed by atoms with E-state index >= 15 is 0 Å². The Bertz CT molecular complexity index is 567. The first-order chi connectivity index (χ1) is 8.67. The fraction of sp³-hybridized carbons (Fsp3) is 0.308. The normalized spacial score (nSPS) is 13.8. The quantitative estimate of drug-likeness (QED) is 0.780. The number of carbonyl (C=O) groups is 1. The second kappa shape index (κ2) is 4.77. The van der Waals surface area contributed by atoms with Gasteiger partial charge in [-0.2, -0.15) is 10.5 Å². The minimum atomic E-state index is -0.0319. The third kappa shape index (κ3) is 1.99. The maximum absolute atomic E-state index is 11.8. The molecule has 0 unspecified atom stereocenters. The number of anilines is 2. The number of benzene rings is 1. The number of carbonyl (C=O) groups excluding carboxylic acids is 1. The summed E-state index contributed by atoms with van der Waals surface area (Å²) in [6.45, 7) is 0.798. The molecule has 0 bridgehead atoms. The van der Waals surface area contributed by atoms with Crippen LogP contribution in [0.4, 0.5) is 11.4 Å². The highest BCUT2D eigenvalue weighted by Gasteiger charge is 2.26. The molecule has 0 radical (unpaired) electrons. The number of likely N-dealkylation sites (N-methyl/N-ethyl adjacent to an activating group) is 1. The van der Waals surface area contributed by atoms with E-state index in [0.717, 1.165) is 11.4 Å². The molecule has 0 spiro atoms. The Morgan fingerprint density at radius 3 is 2.78 bits per heavy atom. The van der Waals surface area contributed by atoms with Gasteiger partial charge in [-0.1, -0.05) is 0 Å². The van der Waals surface area contributed by atoms with Crippen molar-refractivity contribution in [1.82, 2.24) is 0 Å². The van der Waals surface area contributed by atoms with Gasteiger partial charge in [0.25, 0.3) is 0 Å². The van der Waals surface area contributed by atoms with E-state index in [0.29, 0.717) is 18.5 Å². The SMILES string of the molecule is CN1C(=O)CN(CCC#N)c2ccc(C#N)cc21. The van der Waals surface area contributed by atoms with Gasteiger partial charge in [-0.15, -0.1) is 0 Å². The van der Waals surface area contributed by atoms with Crippen molar-refractivity contribution in [3.8, 4) is 12.1 Å². The number of nitriles is 2. The highest BCUT2D eigenvalue weighted by Crippen LogP contribution is 2.33. The van der Waals surface area contributed by atoms with E-state index in [1.807, 2.05) is 11.0 Å². The molecule has 0 fully saturated rings. The van der Waals surface area contributed by atoms with Crippen LogP contribution in [0, 0.1) is 22.7 Å². The van der Waals surface area contributed by atoms with Crippen molar-refractivity contribution < 1.29 is 4.79 Å². The van der Waals surface area contributed by atoms with Gasteiger partial charge in [0.1, 0.15) is 0 Å². The smallest absolute Gasteiger partial charge is 0.246 e. The lowest BCUT2D eigenvalue weighted by Gasteiger charge is -2.35. The topological polar surface area (TPSA) is 71.1 Å². The van der Waals surface area contributed by atoms with Crippen LogP contribution in [0.5, 0.6) is 0 Å². The van der Waals surface area contributed by atoms with Gasteiger partial charge in [0.15, 0.2) is 0 Å². The molecule has 1 aliphatic rings. The molecule has 1 heterocycles. The third-order valence-corrected chi connectivity index (χ3v) is 3.00. The Balaban J connectivity index is 2.42. The predicted molar refractivity (Wildman–Crippen MR) is 67.0 cm³/mol. The first-order valence-corrected chi connectivity index (χ1v) is 5.60. The lowest BCUT2D eigenvalue weighted by Crippen LogP contribution is -2.44. The van der Waals surface area contributed by atoms with Gasteiger partial charge >= 0.3 is 0 Å². The lowest BCUT2D eigenvalue weighted by molar-refractivity contribution is -0.117. The molecule has 90 valence electrons. The zero-order valence-electron chi connectivity index (χ0n) is 10.1. The summed E-state index contributed by atoms with van der Waals surface area (Å²) in [6.07, 6.45) is 0.371. The summed E-state index contributed by atoms with van der Waals surface area (Å²) in [6, 6.07) is 9.39. The number of rotatable bonds is 2. The molecule has 0 atom stereocenters. The van der Waals surface area contributed by atoms with E-state index < -0.39 is 0 Å². The average molecular weight is 240 g/mol. The molecule has 0 saturated carbocycles. The van der Waals surface area contributed by atoms with E-state index in [2.05, 4.69) is 12.1 Å². The van der Waals surface area contributed by atoms with Gasteiger partial charge in [-0.3, -0.25) is 4.79 Å². The Labute approximate surface area is 105 Å². The summed E-state index contributed by atoms with van der Waals surface area (Å²) in [4.78, 5) is 15.3. The van der Waals surface area contributed by atoms with E-state index in [4.69, 9.17) is 10.5 Å². The lowest BCUT2D eigenvalue weighted by atomic mass is 10.1. The number of hydrogen-bond donors (Lipinski definition) is 0. The zero-order valence-corrected chi connectivity index (χ0v) is 10.1. The van der Waals surface area contributed by atoms with Crippen LogP contribution in [0.15, 0.2) is 18.2 Å². The number of fused-ring (bicyclic) bond motifs is 1. The Hall–Kier alpha value is -2.53. The molecule has 1 aliphatic heterocycles. The molecule has 5 heteroatoms. The summed E-state index contributed by atoms with van der Waals surface area (Å²) in [5.74, 6) is -0.0319. The molecule has 0 saturated heterocycles. The van der Waals surface area contributed by atoms with E-state index in [1.54, 1.807) is 24.1 Å². The highest BCUT2D eigenvalue weighted by molar-refractivity contribution is 6.03. The number of hydrogen-bond acceptors (Lipinski definition) is 4. The molecular weight excluding hydrogens is 228 g/mol. The summed E-state index contributed by atoms with van der Waals surface area (Å²) in [5.41, 5.74) is 2.14.